The molecule has 6 nitrogen and oxygen atoms in total. The third kappa shape index (κ3) is 5.02. The van der Waals surface area contributed by atoms with Crippen molar-refractivity contribution < 1.29 is 9.59 Å². The Balaban J connectivity index is 1.57. The zero-order valence-corrected chi connectivity index (χ0v) is 18.2. The Morgan fingerprint density at radius 3 is 2.67 bits per heavy atom. The fourth-order valence-electron chi connectivity index (χ4n) is 3.61. The van der Waals surface area contributed by atoms with E-state index >= 15 is 0 Å². The summed E-state index contributed by atoms with van der Waals surface area (Å²) in [6.07, 6.45) is 6.03. The summed E-state index contributed by atoms with van der Waals surface area (Å²) in [5, 5.41) is 12.1. The molecule has 0 spiro atoms. The van der Waals surface area contributed by atoms with Gasteiger partial charge in [-0.3, -0.25) is 14.5 Å². The SMILES string of the molecule is CCC(=O)N(c1nnc(S[C@H](C)C(=O)N[C@H]2CCC[C@H](C)[C@@H]2C)s1)C1CC1. The van der Waals surface area contributed by atoms with Gasteiger partial charge in [0.2, 0.25) is 16.9 Å². The molecule has 0 aromatic carbocycles. The van der Waals surface area contributed by atoms with Crippen molar-refractivity contribution in [2.45, 2.75) is 87.9 Å². The first-order chi connectivity index (χ1) is 12.9. The lowest BCUT2D eigenvalue weighted by Gasteiger charge is -2.35. The van der Waals surface area contributed by atoms with Crippen LogP contribution in [0.1, 0.15) is 66.2 Å². The number of nitrogens with one attached hydrogen (secondary N) is 1. The molecule has 8 heteroatoms. The number of nitrogens with zero attached hydrogens (tertiary/aromatic N) is 3. The average molecular weight is 411 g/mol. The van der Waals surface area contributed by atoms with Crippen molar-refractivity contribution in [2.24, 2.45) is 11.8 Å². The molecule has 2 aliphatic rings. The summed E-state index contributed by atoms with van der Waals surface area (Å²) in [5.41, 5.74) is 0. The topological polar surface area (TPSA) is 75.2 Å². The van der Waals surface area contributed by atoms with Crippen LogP contribution < -0.4 is 10.2 Å². The van der Waals surface area contributed by atoms with Crippen molar-refractivity contribution in [3.8, 4) is 0 Å². The summed E-state index contributed by atoms with van der Waals surface area (Å²) >= 11 is 2.84. The number of thioether (sulfide) groups is 1. The molecule has 2 fully saturated rings. The molecule has 0 radical (unpaired) electrons. The van der Waals surface area contributed by atoms with Gasteiger partial charge in [0.25, 0.3) is 0 Å². The number of anilines is 1. The Morgan fingerprint density at radius 1 is 1.26 bits per heavy atom. The predicted molar refractivity (Wildman–Crippen MR) is 110 cm³/mol. The second kappa shape index (κ2) is 8.90. The van der Waals surface area contributed by atoms with E-state index in [9.17, 15) is 9.59 Å². The van der Waals surface area contributed by atoms with E-state index in [1.54, 1.807) is 4.90 Å². The molecule has 2 amide bonds. The van der Waals surface area contributed by atoms with Crippen molar-refractivity contribution in [2.75, 3.05) is 4.90 Å². The number of rotatable bonds is 7. The number of carbonyl (C=O) groups excluding carboxylic acids is 2. The number of hydrogen-bond donors (Lipinski definition) is 1. The minimum absolute atomic E-state index is 0.0615. The maximum absolute atomic E-state index is 12.6. The molecule has 1 heterocycles. The summed E-state index contributed by atoms with van der Waals surface area (Å²) in [6, 6.07) is 0.542. The highest BCUT2D eigenvalue weighted by atomic mass is 32.2. The van der Waals surface area contributed by atoms with Crippen LogP contribution in [0.4, 0.5) is 5.13 Å². The minimum atomic E-state index is -0.230. The zero-order valence-electron chi connectivity index (χ0n) is 16.6. The second-order valence-electron chi connectivity index (χ2n) is 7.84. The molecule has 0 bridgehead atoms. The maximum atomic E-state index is 12.6. The number of carbonyl (C=O) groups is 2. The molecular formula is C19H30N4O2S2. The van der Waals surface area contributed by atoms with Crippen LogP contribution in [0.5, 0.6) is 0 Å². The van der Waals surface area contributed by atoms with E-state index in [1.165, 1.54) is 35.9 Å². The van der Waals surface area contributed by atoms with Gasteiger partial charge in [0.15, 0.2) is 4.34 Å². The van der Waals surface area contributed by atoms with Crippen LogP contribution in [0.25, 0.3) is 0 Å². The van der Waals surface area contributed by atoms with E-state index < -0.39 is 0 Å². The van der Waals surface area contributed by atoms with Gasteiger partial charge in [-0.1, -0.05) is 56.7 Å². The van der Waals surface area contributed by atoms with Crippen molar-refractivity contribution >= 4 is 40.0 Å². The van der Waals surface area contributed by atoms with Gasteiger partial charge < -0.3 is 5.32 Å². The van der Waals surface area contributed by atoms with E-state index in [-0.39, 0.29) is 29.1 Å². The summed E-state index contributed by atoms with van der Waals surface area (Å²) in [4.78, 5) is 26.6. The van der Waals surface area contributed by atoms with E-state index in [0.717, 1.165) is 23.6 Å². The highest BCUT2D eigenvalue weighted by Gasteiger charge is 2.35. The van der Waals surface area contributed by atoms with E-state index in [0.29, 0.717) is 23.4 Å². The lowest BCUT2D eigenvalue weighted by Crippen LogP contribution is -2.46. The third-order valence-corrected chi connectivity index (χ3v) is 7.87. The van der Waals surface area contributed by atoms with Crippen LogP contribution in [0.15, 0.2) is 4.34 Å². The van der Waals surface area contributed by atoms with E-state index in [1.807, 2.05) is 13.8 Å². The largest absolute Gasteiger partial charge is 0.352 e. The lowest BCUT2D eigenvalue weighted by molar-refractivity contribution is -0.121. The lowest BCUT2D eigenvalue weighted by atomic mass is 9.78. The number of hydrogen-bond acceptors (Lipinski definition) is 6. The monoisotopic (exact) mass is 410 g/mol. The molecule has 2 aliphatic carbocycles. The first-order valence-corrected chi connectivity index (χ1v) is 11.7. The first kappa shape index (κ1) is 20.6. The molecule has 2 saturated carbocycles. The summed E-state index contributed by atoms with van der Waals surface area (Å²) in [6.45, 7) is 8.29. The van der Waals surface area contributed by atoms with Crippen molar-refractivity contribution in [1.82, 2.24) is 15.5 Å². The molecule has 0 unspecified atom stereocenters. The van der Waals surface area contributed by atoms with Crippen LogP contribution in [0, 0.1) is 11.8 Å². The summed E-state index contributed by atoms with van der Waals surface area (Å²) in [5.74, 6) is 1.32. The number of amides is 2. The summed E-state index contributed by atoms with van der Waals surface area (Å²) in [7, 11) is 0. The standard InChI is InChI=1S/C19H30N4O2S2/c1-5-16(24)23(14-9-10-14)18-21-22-19(27-18)26-13(4)17(25)20-15-8-6-7-11(2)12(15)3/h11-15H,5-10H2,1-4H3,(H,20,25)/t11-,12-,13+,15-/m0/s1. The quantitative estimate of drug-likeness (QED) is 0.546. The van der Waals surface area contributed by atoms with E-state index in [4.69, 9.17) is 0 Å². The Kier molecular flexibility index (Phi) is 6.78. The van der Waals surface area contributed by atoms with Gasteiger partial charge in [0.1, 0.15) is 0 Å². The van der Waals surface area contributed by atoms with Gasteiger partial charge in [-0.05, 0) is 38.0 Å². The Bertz CT molecular complexity index is 676. The van der Waals surface area contributed by atoms with Crippen molar-refractivity contribution in [3.63, 3.8) is 0 Å². The zero-order chi connectivity index (χ0) is 19.6. The van der Waals surface area contributed by atoms with Crippen LogP contribution in [0.3, 0.4) is 0 Å². The smallest absolute Gasteiger partial charge is 0.233 e. The number of aromatic nitrogens is 2. The third-order valence-electron chi connectivity index (χ3n) is 5.77. The van der Waals surface area contributed by atoms with Crippen LogP contribution in [0.2, 0.25) is 0 Å². The molecule has 0 aliphatic heterocycles. The minimum Gasteiger partial charge on any atom is -0.352 e. The Labute approximate surface area is 169 Å². The highest BCUT2D eigenvalue weighted by molar-refractivity contribution is 8.02. The Hall–Kier alpha value is -1.15. The van der Waals surface area contributed by atoms with Gasteiger partial charge in [-0.15, -0.1) is 10.2 Å². The van der Waals surface area contributed by atoms with Gasteiger partial charge in [0, 0.05) is 18.5 Å². The van der Waals surface area contributed by atoms with Crippen LogP contribution in [-0.2, 0) is 9.59 Å². The second-order valence-corrected chi connectivity index (χ2v) is 10.4. The molecular weight excluding hydrogens is 380 g/mol. The molecule has 0 saturated heterocycles. The average Bonchev–Trinajstić information content (AvgIpc) is 3.37. The van der Waals surface area contributed by atoms with Gasteiger partial charge in [-0.25, -0.2) is 0 Å². The molecule has 3 rings (SSSR count). The van der Waals surface area contributed by atoms with Gasteiger partial charge in [-0.2, -0.15) is 0 Å². The van der Waals surface area contributed by atoms with Gasteiger partial charge >= 0.3 is 0 Å². The van der Waals surface area contributed by atoms with E-state index in [2.05, 4.69) is 29.4 Å². The van der Waals surface area contributed by atoms with Crippen LogP contribution in [-0.4, -0.2) is 39.3 Å². The highest BCUT2D eigenvalue weighted by Crippen LogP contribution is 2.37. The fraction of sp³-hybridized carbons (Fsp3) is 0.789. The molecule has 4 atom stereocenters. The maximum Gasteiger partial charge on any atom is 0.233 e. The molecule has 27 heavy (non-hydrogen) atoms. The predicted octanol–water partition coefficient (Wildman–Crippen LogP) is 3.87. The summed E-state index contributed by atoms with van der Waals surface area (Å²) < 4.78 is 0.743. The molecule has 150 valence electrons. The molecule has 1 aromatic rings. The first-order valence-electron chi connectivity index (χ1n) is 10.0. The Morgan fingerprint density at radius 2 is 2.00 bits per heavy atom. The molecule has 1 N–H and O–H groups in total. The van der Waals surface area contributed by atoms with Crippen molar-refractivity contribution in [3.05, 3.63) is 0 Å². The normalized spacial score (nSPS) is 26.4. The van der Waals surface area contributed by atoms with Crippen molar-refractivity contribution in [1.29, 1.82) is 0 Å². The molecule has 1 aromatic heterocycles. The van der Waals surface area contributed by atoms with Gasteiger partial charge in [0.05, 0.1) is 5.25 Å². The fourth-order valence-corrected chi connectivity index (χ4v) is 5.69. The van der Waals surface area contributed by atoms with Crippen LogP contribution >= 0.6 is 23.1 Å².